The predicted molar refractivity (Wildman–Crippen MR) is 113 cm³/mol. The summed E-state index contributed by atoms with van der Waals surface area (Å²) in [5.74, 6) is -0.722. The van der Waals surface area contributed by atoms with Crippen LogP contribution in [-0.2, 0) is 9.53 Å². The number of hydrogen-bond acceptors (Lipinski definition) is 5. The Labute approximate surface area is 175 Å². The first-order valence-electron chi connectivity index (χ1n) is 9.89. The van der Waals surface area contributed by atoms with Gasteiger partial charge < -0.3 is 14.6 Å². The van der Waals surface area contributed by atoms with Crippen molar-refractivity contribution in [3.05, 3.63) is 52.8 Å². The number of hydrogen-bond donors (Lipinski definition) is 1. The number of aromatic nitrogens is 1. The topological polar surface area (TPSA) is 93.0 Å². The van der Waals surface area contributed by atoms with E-state index in [9.17, 15) is 14.4 Å². The first kappa shape index (κ1) is 21.3. The van der Waals surface area contributed by atoms with Gasteiger partial charge in [-0.1, -0.05) is 6.92 Å². The Morgan fingerprint density at radius 3 is 2.43 bits per heavy atom. The highest BCUT2D eigenvalue weighted by atomic mass is 16.5. The minimum atomic E-state index is -0.925. The SMILES string of the molecule is CCOC(=O)c1ccc(-n2c(C)cc(/C=N/N3C(=O)NC(C)(CC)C3=O)c2C)cc1. The zero-order valence-electron chi connectivity index (χ0n) is 17.9. The van der Waals surface area contributed by atoms with Crippen LogP contribution in [0, 0.1) is 13.8 Å². The third-order valence-electron chi connectivity index (χ3n) is 5.37. The number of imide groups is 1. The van der Waals surface area contributed by atoms with Crippen LogP contribution in [0.15, 0.2) is 35.4 Å². The molecule has 1 unspecified atom stereocenters. The molecule has 1 aliphatic heterocycles. The zero-order valence-corrected chi connectivity index (χ0v) is 17.9. The van der Waals surface area contributed by atoms with Crippen LogP contribution in [0.5, 0.6) is 0 Å². The molecule has 1 aromatic heterocycles. The van der Waals surface area contributed by atoms with Gasteiger partial charge in [-0.2, -0.15) is 5.10 Å². The summed E-state index contributed by atoms with van der Waals surface area (Å²) in [7, 11) is 0. The Hall–Kier alpha value is -3.42. The van der Waals surface area contributed by atoms with E-state index in [0.29, 0.717) is 18.6 Å². The highest BCUT2D eigenvalue weighted by molar-refractivity contribution is 6.07. The number of nitrogens with one attached hydrogen (secondary N) is 1. The van der Waals surface area contributed by atoms with Gasteiger partial charge in [-0.25, -0.2) is 9.59 Å². The van der Waals surface area contributed by atoms with Gasteiger partial charge in [0, 0.05) is 22.6 Å². The normalized spacial score (nSPS) is 18.9. The number of benzene rings is 1. The summed E-state index contributed by atoms with van der Waals surface area (Å²) in [6, 6.07) is 8.53. The standard InChI is InChI=1S/C22H26N4O4/c1-6-22(5)20(28)26(21(29)24-22)23-13-17-12-14(3)25(15(17)4)18-10-8-16(9-11-18)19(27)30-7-2/h8-13H,6-7H2,1-5H3,(H,24,29)/b23-13+. The highest BCUT2D eigenvalue weighted by Crippen LogP contribution is 2.23. The summed E-state index contributed by atoms with van der Waals surface area (Å²) >= 11 is 0. The van der Waals surface area contributed by atoms with Crippen molar-refractivity contribution in [2.45, 2.75) is 46.6 Å². The van der Waals surface area contributed by atoms with Crippen molar-refractivity contribution in [2.24, 2.45) is 5.10 Å². The molecule has 1 N–H and O–H groups in total. The van der Waals surface area contributed by atoms with E-state index in [1.54, 1.807) is 26.0 Å². The summed E-state index contributed by atoms with van der Waals surface area (Å²) in [4.78, 5) is 36.5. The van der Waals surface area contributed by atoms with E-state index in [-0.39, 0.29) is 11.9 Å². The van der Waals surface area contributed by atoms with Gasteiger partial charge in [0.1, 0.15) is 5.54 Å². The molecule has 1 saturated heterocycles. The van der Waals surface area contributed by atoms with Crippen molar-refractivity contribution >= 4 is 24.1 Å². The van der Waals surface area contributed by atoms with Crippen molar-refractivity contribution in [2.75, 3.05) is 6.61 Å². The average Bonchev–Trinajstić information content (AvgIpc) is 3.12. The number of aryl methyl sites for hydroxylation is 1. The highest BCUT2D eigenvalue weighted by Gasteiger charge is 2.46. The molecule has 3 rings (SSSR count). The molecular formula is C22H26N4O4. The lowest BCUT2D eigenvalue weighted by Gasteiger charge is -2.17. The van der Waals surface area contributed by atoms with E-state index < -0.39 is 11.6 Å². The molecular weight excluding hydrogens is 384 g/mol. The third-order valence-corrected chi connectivity index (χ3v) is 5.37. The molecule has 0 bridgehead atoms. The molecule has 30 heavy (non-hydrogen) atoms. The van der Waals surface area contributed by atoms with Crippen molar-refractivity contribution < 1.29 is 19.1 Å². The third kappa shape index (κ3) is 3.72. The van der Waals surface area contributed by atoms with Gasteiger partial charge in [0.25, 0.3) is 5.91 Å². The smallest absolute Gasteiger partial charge is 0.346 e. The molecule has 8 nitrogen and oxygen atoms in total. The predicted octanol–water partition coefficient (Wildman–Crippen LogP) is 3.33. The van der Waals surface area contributed by atoms with Gasteiger partial charge in [-0.3, -0.25) is 4.79 Å². The fraction of sp³-hybridized carbons (Fsp3) is 0.364. The van der Waals surface area contributed by atoms with Gasteiger partial charge in [0.2, 0.25) is 0 Å². The minimum Gasteiger partial charge on any atom is -0.462 e. The molecule has 0 aliphatic carbocycles. The Balaban J connectivity index is 1.86. The number of esters is 1. The van der Waals surface area contributed by atoms with Crippen LogP contribution in [0.1, 0.15) is 54.5 Å². The summed E-state index contributed by atoms with van der Waals surface area (Å²) < 4.78 is 7.03. The molecule has 1 fully saturated rings. The molecule has 0 radical (unpaired) electrons. The second kappa shape index (κ2) is 8.14. The molecule has 0 saturated carbocycles. The van der Waals surface area contributed by atoms with Gasteiger partial charge in [0.15, 0.2) is 0 Å². The molecule has 2 heterocycles. The van der Waals surface area contributed by atoms with Crippen molar-refractivity contribution in [1.82, 2.24) is 14.9 Å². The first-order valence-corrected chi connectivity index (χ1v) is 9.89. The second-order valence-corrected chi connectivity index (χ2v) is 7.41. The Morgan fingerprint density at radius 1 is 1.20 bits per heavy atom. The van der Waals surface area contributed by atoms with Crippen LogP contribution in [0.4, 0.5) is 4.79 Å². The monoisotopic (exact) mass is 410 g/mol. The number of carbonyl (C=O) groups excluding carboxylic acids is 3. The summed E-state index contributed by atoms with van der Waals surface area (Å²) in [6.45, 7) is 9.50. The van der Waals surface area contributed by atoms with Gasteiger partial charge >= 0.3 is 12.0 Å². The lowest BCUT2D eigenvalue weighted by atomic mass is 10.00. The Morgan fingerprint density at radius 2 is 1.87 bits per heavy atom. The summed E-state index contributed by atoms with van der Waals surface area (Å²) in [6.07, 6.45) is 2.00. The first-order chi connectivity index (χ1) is 14.2. The Bertz CT molecular complexity index is 1020. The van der Waals surface area contributed by atoms with Gasteiger partial charge in [0.05, 0.1) is 18.4 Å². The van der Waals surface area contributed by atoms with Gasteiger partial charge in [-0.15, -0.1) is 5.01 Å². The number of amides is 3. The van der Waals surface area contributed by atoms with E-state index in [2.05, 4.69) is 10.4 Å². The molecule has 158 valence electrons. The van der Waals surface area contributed by atoms with Crippen LogP contribution >= 0.6 is 0 Å². The number of hydrazone groups is 1. The van der Waals surface area contributed by atoms with Crippen LogP contribution in [0.25, 0.3) is 5.69 Å². The van der Waals surface area contributed by atoms with Crippen LogP contribution in [0.2, 0.25) is 0 Å². The van der Waals surface area contributed by atoms with E-state index in [1.165, 1.54) is 6.21 Å². The quantitative estimate of drug-likeness (QED) is 0.449. The fourth-order valence-corrected chi connectivity index (χ4v) is 3.41. The van der Waals surface area contributed by atoms with Crippen LogP contribution in [-0.4, -0.2) is 45.8 Å². The second-order valence-electron chi connectivity index (χ2n) is 7.41. The maximum absolute atomic E-state index is 12.5. The lowest BCUT2D eigenvalue weighted by Crippen LogP contribution is -2.42. The average molecular weight is 410 g/mol. The number of ether oxygens (including phenoxy) is 1. The summed E-state index contributed by atoms with van der Waals surface area (Å²) in [5, 5.41) is 7.69. The van der Waals surface area contributed by atoms with E-state index in [0.717, 1.165) is 27.6 Å². The van der Waals surface area contributed by atoms with Crippen molar-refractivity contribution in [1.29, 1.82) is 0 Å². The number of carbonyl (C=O) groups is 3. The molecule has 2 aromatic rings. The van der Waals surface area contributed by atoms with Crippen molar-refractivity contribution in [3.8, 4) is 5.69 Å². The summed E-state index contributed by atoms with van der Waals surface area (Å²) in [5.41, 5.74) is 3.08. The minimum absolute atomic E-state index is 0.327. The molecule has 8 heteroatoms. The fourth-order valence-electron chi connectivity index (χ4n) is 3.41. The largest absolute Gasteiger partial charge is 0.462 e. The maximum atomic E-state index is 12.5. The van der Waals surface area contributed by atoms with E-state index in [1.807, 2.05) is 43.5 Å². The van der Waals surface area contributed by atoms with Crippen LogP contribution < -0.4 is 5.32 Å². The van der Waals surface area contributed by atoms with Gasteiger partial charge in [-0.05, 0) is 64.4 Å². The number of urea groups is 1. The van der Waals surface area contributed by atoms with Crippen LogP contribution in [0.3, 0.4) is 0 Å². The van der Waals surface area contributed by atoms with E-state index >= 15 is 0 Å². The molecule has 1 aliphatic rings. The molecule has 0 spiro atoms. The van der Waals surface area contributed by atoms with E-state index in [4.69, 9.17) is 4.74 Å². The molecule has 1 atom stereocenters. The molecule has 3 amide bonds. The number of nitrogens with zero attached hydrogens (tertiary/aromatic N) is 3. The molecule has 1 aromatic carbocycles. The Kier molecular flexibility index (Phi) is 5.78. The lowest BCUT2D eigenvalue weighted by molar-refractivity contribution is -0.130. The number of rotatable bonds is 6. The maximum Gasteiger partial charge on any atom is 0.346 e. The van der Waals surface area contributed by atoms with Crippen molar-refractivity contribution in [3.63, 3.8) is 0 Å². The zero-order chi connectivity index (χ0) is 22.1.